The van der Waals surface area contributed by atoms with Crippen LogP contribution in [0, 0.1) is 6.85 Å². The molecule has 4 aromatic carbocycles. The van der Waals surface area contributed by atoms with E-state index in [4.69, 9.17) is 19.2 Å². The van der Waals surface area contributed by atoms with Crippen molar-refractivity contribution >= 4 is 32.3 Å². The Bertz CT molecular complexity index is 1550. The van der Waals surface area contributed by atoms with Crippen LogP contribution in [-0.4, -0.2) is 0 Å². The number of hydrogen-bond acceptors (Lipinski definition) is 0. The van der Waals surface area contributed by atoms with Crippen molar-refractivity contribution in [3.05, 3.63) is 72.0 Å². The Morgan fingerprint density at radius 2 is 1.37 bits per heavy atom. The molecule has 0 amide bonds. The molecular formula is C19H14. The molecule has 4 rings (SSSR count). The summed E-state index contributed by atoms with van der Waals surface area (Å²) in [6.45, 7) is -2.97. The van der Waals surface area contributed by atoms with Gasteiger partial charge in [0.1, 0.15) is 0 Å². The summed E-state index contributed by atoms with van der Waals surface area (Å²) in [5, 5.41) is -2.17. The first-order valence-electron chi connectivity index (χ1n) is 12.5. The van der Waals surface area contributed by atoms with E-state index in [2.05, 4.69) is 0 Å². The summed E-state index contributed by atoms with van der Waals surface area (Å²) in [5.74, 6) is 0. The maximum Gasteiger partial charge on any atom is 0.0636 e. The molecule has 0 unspecified atom stereocenters. The van der Waals surface area contributed by atoms with Gasteiger partial charge in [-0.1, -0.05) is 59.9 Å². The van der Waals surface area contributed by atoms with Gasteiger partial charge in [-0.25, -0.2) is 0 Å². The van der Waals surface area contributed by atoms with Crippen LogP contribution in [-0.2, 0) is 0 Å². The maximum absolute atomic E-state index is 8.72. The van der Waals surface area contributed by atoms with Crippen LogP contribution >= 0.6 is 0 Å². The van der Waals surface area contributed by atoms with E-state index in [1.807, 2.05) is 0 Å². The number of fused-ring (bicyclic) bond motifs is 4. The highest BCUT2D eigenvalue weighted by Crippen LogP contribution is 2.29. The molecule has 0 saturated heterocycles. The van der Waals surface area contributed by atoms with Crippen molar-refractivity contribution in [3.63, 3.8) is 0 Å². The SMILES string of the molecule is [2H]c1c([2H])c([2H])c2c([2H])c3c(c([2H])c([2H])c4c([2H])c([2H])c(C([2H])([2H])[2H])c([2H])c43)c([2H])c2c1[2H]. The largest absolute Gasteiger partial charge is 0.0636 e. The summed E-state index contributed by atoms with van der Waals surface area (Å²) < 4.78 is 114. The zero-order valence-electron chi connectivity index (χ0n) is 23.5. The van der Waals surface area contributed by atoms with E-state index in [0.29, 0.717) is 0 Å². The Kier molecular flexibility index (Phi) is 0.726. The van der Waals surface area contributed by atoms with Crippen LogP contribution < -0.4 is 0 Å². The monoisotopic (exact) mass is 256 g/mol. The average molecular weight is 256 g/mol. The Morgan fingerprint density at radius 1 is 0.684 bits per heavy atom. The van der Waals surface area contributed by atoms with Gasteiger partial charge in [0.25, 0.3) is 0 Å². The van der Waals surface area contributed by atoms with E-state index in [-0.39, 0.29) is 26.9 Å². The van der Waals surface area contributed by atoms with Crippen molar-refractivity contribution in [1.82, 2.24) is 0 Å². The number of rotatable bonds is 0. The molecule has 0 atom stereocenters. The standard InChI is InChI=1S/C19H14/c1-13-6-7-14-8-9-17-11-15-4-2-3-5-16(15)12-19(17)18(14)10-13/h2-12H,1H3/i1D3,2D,3D,4D,5D,6D,7D,8D,9D,10D,11D,12D. The predicted octanol–water partition coefficient (Wildman–Crippen LogP) is 5.45. The third-order valence-corrected chi connectivity index (χ3v) is 2.81. The Labute approximate surface area is 132 Å². The fourth-order valence-electron chi connectivity index (χ4n) is 1.97. The number of benzene rings is 4. The van der Waals surface area contributed by atoms with Crippen molar-refractivity contribution in [3.8, 4) is 0 Å². The lowest BCUT2D eigenvalue weighted by atomic mass is 9.97. The molecule has 0 aromatic heterocycles. The minimum atomic E-state index is -2.97. The molecule has 0 heteroatoms. The summed E-state index contributed by atoms with van der Waals surface area (Å²) in [5.41, 5.74) is -0.778. The van der Waals surface area contributed by atoms with Crippen molar-refractivity contribution in [2.75, 3.05) is 0 Å². The molecular weight excluding hydrogens is 228 g/mol. The molecule has 0 fully saturated rings. The van der Waals surface area contributed by atoms with E-state index < -0.39 is 84.3 Å². The average Bonchev–Trinajstić information content (AvgIpc) is 2.72. The van der Waals surface area contributed by atoms with Crippen molar-refractivity contribution in [2.45, 2.75) is 6.85 Å². The van der Waals surface area contributed by atoms with Gasteiger partial charge in [-0.15, -0.1) is 0 Å². The zero-order valence-corrected chi connectivity index (χ0v) is 9.50. The van der Waals surface area contributed by atoms with Gasteiger partial charge in [0.05, 0.1) is 15.1 Å². The van der Waals surface area contributed by atoms with Crippen LogP contribution in [0.3, 0.4) is 0 Å². The van der Waals surface area contributed by atoms with E-state index in [9.17, 15) is 0 Å². The first kappa shape index (κ1) is 3.61. The lowest BCUT2D eigenvalue weighted by Crippen LogP contribution is -1.81. The topological polar surface area (TPSA) is 0 Å². The van der Waals surface area contributed by atoms with Gasteiger partial charge in [0.2, 0.25) is 0 Å². The maximum atomic E-state index is 8.72. The van der Waals surface area contributed by atoms with Crippen LogP contribution in [0.1, 0.15) is 24.8 Å². The fourth-order valence-corrected chi connectivity index (χ4v) is 1.97. The zero-order chi connectivity index (χ0) is 24.9. The van der Waals surface area contributed by atoms with Gasteiger partial charge < -0.3 is 0 Å². The molecule has 0 heterocycles. The van der Waals surface area contributed by atoms with Gasteiger partial charge in [0.15, 0.2) is 0 Å². The van der Waals surface area contributed by atoms with E-state index >= 15 is 0 Å². The van der Waals surface area contributed by atoms with Crippen LogP contribution in [0.25, 0.3) is 32.3 Å². The highest BCUT2D eigenvalue weighted by molar-refractivity contribution is 6.12. The fraction of sp³-hybridized carbons (Fsp3) is 0.0526. The van der Waals surface area contributed by atoms with Gasteiger partial charge >= 0.3 is 0 Å². The summed E-state index contributed by atoms with van der Waals surface area (Å²) >= 11 is 0. The second-order valence-corrected chi connectivity index (χ2v) is 4.00. The molecule has 4 aromatic rings. The first-order valence-corrected chi connectivity index (χ1v) is 5.50. The molecule has 0 bridgehead atoms. The number of hydrogen-bond donors (Lipinski definition) is 0. The van der Waals surface area contributed by atoms with Gasteiger partial charge in [0, 0.05) is 4.11 Å². The molecule has 0 N–H and O–H groups in total. The Hall–Kier alpha value is -2.34. The molecule has 0 spiro atoms. The summed E-state index contributed by atoms with van der Waals surface area (Å²) in [6, 6.07) is -7.21. The Morgan fingerprint density at radius 3 is 2.21 bits per heavy atom. The minimum Gasteiger partial charge on any atom is -0.0616 e. The molecule has 0 aliphatic carbocycles. The molecule has 0 aliphatic heterocycles. The first-order chi connectivity index (χ1) is 15.1. The molecule has 0 radical (unpaired) electrons. The van der Waals surface area contributed by atoms with Crippen LogP contribution in [0.15, 0.2) is 66.5 Å². The minimum absolute atomic E-state index is 0.336. The van der Waals surface area contributed by atoms with Gasteiger partial charge in [-0.05, 0) is 51.3 Å². The van der Waals surface area contributed by atoms with Crippen LogP contribution in [0.2, 0.25) is 0 Å². The van der Waals surface area contributed by atoms with Crippen LogP contribution in [0.5, 0.6) is 0 Å². The smallest absolute Gasteiger partial charge is 0.0616 e. The van der Waals surface area contributed by atoms with Gasteiger partial charge in [-0.2, -0.15) is 0 Å². The quantitative estimate of drug-likeness (QED) is 0.290. The van der Waals surface area contributed by atoms with E-state index in [1.54, 1.807) is 0 Å². The predicted molar refractivity (Wildman–Crippen MR) is 83.7 cm³/mol. The molecule has 0 aliphatic rings. The van der Waals surface area contributed by atoms with Gasteiger partial charge in [-0.3, -0.25) is 0 Å². The molecule has 19 heavy (non-hydrogen) atoms. The third-order valence-electron chi connectivity index (χ3n) is 2.81. The highest BCUT2D eigenvalue weighted by atomic mass is 14.1. The molecule has 0 nitrogen and oxygen atoms in total. The van der Waals surface area contributed by atoms with Crippen molar-refractivity contribution in [2.24, 2.45) is 0 Å². The van der Waals surface area contributed by atoms with E-state index in [1.165, 1.54) is 0 Å². The third kappa shape index (κ3) is 1.61. The Balaban J connectivity index is 2.52. The van der Waals surface area contributed by atoms with Crippen molar-refractivity contribution < 1.29 is 19.2 Å². The lowest BCUT2D eigenvalue weighted by molar-refractivity contribution is 1.51. The van der Waals surface area contributed by atoms with E-state index in [0.717, 1.165) is 0 Å². The molecule has 0 saturated carbocycles. The highest BCUT2D eigenvalue weighted by Gasteiger charge is 2.02. The summed E-state index contributed by atoms with van der Waals surface area (Å²) in [4.78, 5) is 0. The lowest BCUT2D eigenvalue weighted by Gasteiger charge is -2.07. The van der Waals surface area contributed by atoms with Crippen molar-refractivity contribution in [1.29, 1.82) is 0 Å². The second-order valence-electron chi connectivity index (χ2n) is 4.00. The summed E-state index contributed by atoms with van der Waals surface area (Å²) in [7, 11) is 0. The normalized spacial score (nSPS) is 22.5. The second kappa shape index (κ2) is 3.83. The summed E-state index contributed by atoms with van der Waals surface area (Å²) in [6.07, 6.45) is 0. The molecule has 90 valence electrons. The van der Waals surface area contributed by atoms with Crippen LogP contribution in [0.4, 0.5) is 0 Å².